The van der Waals surface area contributed by atoms with Crippen LogP contribution in [0.4, 0.5) is 5.95 Å². The van der Waals surface area contributed by atoms with Gasteiger partial charge in [-0.2, -0.15) is 0 Å². The van der Waals surface area contributed by atoms with Crippen molar-refractivity contribution in [2.75, 3.05) is 11.6 Å². The molecule has 1 aromatic heterocycles. The van der Waals surface area contributed by atoms with Crippen LogP contribution < -0.4 is 15.8 Å². The molecule has 2 aromatic rings. The molecular weight excluding hydrogens is 338 g/mol. The molecule has 3 heterocycles. The van der Waals surface area contributed by atoms with Gasteiger partial charge < -0.3 is 0 Å². The Labute approximate surface area is 151 Å². The van der Waals surface area contributed by atoms with Crippen LogP contribution >= 0.6 is 11.6 Å². The average Bonchev–Trinajstić information content (AvgIpc) is 2.92. The summed E-state index contributed by atoms with van der Waals surface area (Å²) in [4.78, 5) is 22.0. The normalized spacial score (nSPS) is 26.0. The lowest BCUT2D eigenvalue weighted by atomic mass is 9.79. The Morgan fingerprint density at radius 3 is 2.52 bits per heavy atom. The molecule has 130 valence electrons. The number of fused-ring (bicyclic) bond motifs is 1. The summed E-state index contributed by atoms with van der Waals surface area (Å²) in [5.41, 5.74) is 6.07. The number of carbonyl (C=O) groups is 1. The van der Waals surface area contributed by atoms with E-state index in [2.05, 4.69) is 20.7 Å². The van der Waals surface area contributed by atoms with Gasteiger partial charge in [0.25, 0.3) is 5.91 Å². The van der Waals surface area contributed by atoms with Gasteiger partial charge >= 0.3 is 0 Å². The molecule has 2 saturated heterocycles. The summed E-state index contributed by atoms with van der Waals surface area (Å²) in [6.07, 6.45) is 0.781. The van der Waals surface area contributed by atoms with Crippen LogP contribution in [0.1, 0.15) is 29.3 Å². The molecular formula is C18H20ClN5O. The largest absolute Gasteiger partial charge is 0.300 e. The fraction of sp³-hybridized carbons (Fsp3) is 0.389. The molecule has 0 bridgehead atoms. The van der Waals surface area contributed by atoms with Gasteiger partial charge in [-0.3, -0.25) is 10.1 Å². The molecule has 6 nitrogen and oxygen atoms in total. The first-order chi connectivity index (χ1) is 12.0. The first-order valence-electron chi connectivity index (χ1n) is 8.44. The Morgan fingerprint density at radius 1 is 1.16 bits per heavy atom. The van der Waals surface area contributed by atoms with E-state index in [9.17, 15) is 4.79 Å². The number of rotatable bonds is 2. The number of anilines is 1. The zero-order valence-electron chi connectivity index (χ0n) is 14.2. The van der Waals surface area contributed by atoms with Crippen LogP contribution in [-0.2, 0) is 4.79 Å². The minimum atomic E-state index is -0.195. The highest BCUT2D eigenvalue weighted by Gasteiger charge is 2.48. The number of amides is 1. The maximum Gasteiger partial charge on any atom is 0.250 e. The molecule has 1 aromatic carbocycles. The number of hydrogen-bond acceptors (Lipinski definition) is 5. The van der Waals surface area contributed by atoms with Crippen LogP contribution in [0.15, 0.2) is 30.3 Å². The topological polar surface area (TPSA) is 70.2 Å². The molecule has 0 aliphatic carbocycles. The van der Waals surface area contributed by atoms with Gasteiger partial charge in [0.15, 0.2) is 0 Å². The van der Waals surface area contributed by atoms with Gasteiger partial charge in [0.05, 0.1) is 12.1 Å². The van der Waals surface area contributed by atoms with Crippen LogP contribution in [0.25, 0.3) is 0 Å². The number of carbonyl (C=O) groups excluding carboxylic acids is 1. The number of nitrogens with zero attached hydrogens (tertiary/aromatic N) is 3. The molecule has 25 heavy (non-hydrogen) atoms. The predicted molar refractivity (Wildman–Crippen MR) is 96.2 cm³/mol. The monoisotopic (exact) mass is 357 g/mol. The standard InChI is InChI=1S/C18H20ClN5O/c1-10-9-11(2)22-18(21-10)24-17(25)15-14(7-8-20-16(15)23-24)12-3-5-13(19)6-4-12/h3-6,9,14-16,20,23H,7-8H2,1-2H3. The lowest BCUT2D eigenvalue weighted by molar-refractivity contribution is -0.121. The molecule has 0 radical (unpaired) electrons. The van der Waals surface area contributed by atoms with Gasteiger partial charge in [-0.1, -0.05) is 23.7 Å². The van der Waals surface area contributed by atoms with Gasteiger partial charge in [-0.25, -0.2) is 20.4 Å². The van der Waals surface area contributed by atoms with Crippen LogP contribution in [0.2, 0.25) is 5.02 Å². The maximum atomic E-state index is 13.1. The lowest BCUT2D eigenvalue weighted by Gasteiger charge is -2.32. The molecule has 0 saturated carbocycles. The molecule has 2 N–H and O–H groups in total. The Kier molecular flexibility index (Phi) is 4.19. The summed E-state index contributed by atoms with van der Waals surface area (Å²) in [7, 11) is 0. The number of aryl methyl sites for hydroxylation is 2. The summed E-state index contributed by atoms with van der Waals surface area (Å²) in [5, 5.41) is 5.60. The molecule has 0 spiro atoms. The van der Waals surface area contributed by atoms with E-state index in [0.717, 1.165) is 29.9 Å². The van der Waals surface area contributed by atoms with E-state index < -0.39 is 0 Å². The van der Waals surface area contributed by atoms with E-state index >= 15 is 0 Å². The summed E-state index contributed by atoms with van der Waals surface area (Å²) in [6.45, 7) is 4.65. The number of nitrogens with one attached hydrogen (secondary N) is 2. The highest BCUT2D eigenvalue weighted by atomic mass is 35.5. The van der Waals surface area contributed by atoms with Gasteiger partial charge in [0.1, 0.15) is 0 Å². The van der Waals surface area contributed by atoms with Crippen LogP contribution in [0.5, 0.6) is 0 Å². The summed E-state index contributed by atoms with van der Waals surface area (Å²) >= 11 is 6.01. The third-order valence-corrected chi connectivity index (χ3v) is 5.11. The third kappa shape index (κ3) is 3.01. The fourth-order valence-corrected chi connectivity index (χ4v) is 3.90. The predicted octanol–water partition coefficient (Wildman–Crippen LogP) is 2.32. The quantitative estimate of drug-likeness (QED) is 0.863. The number of hydrogen-bond donors (Lipinski definition) is 2. The minimum Gasteiger partial charge on any atom is -0.300 e. The van der Waals surface area contributed by atoms with Crippen molar-refractivity contribution in [1.29, 1.82) is 0 Å². The summed E-state index contributed by atoms with van der Waals surface area (Å²) in [6, 6.07) is 9.68. The van der Waals surface area contributed by atoms with Crippen molar-refractivity contribution in [2.24, 2.45) is 5.92 Å². The molecule has 2 aliphatic heterocycles. The van der Waals surface area contributed by atoms with E-state index in [-0.39, 0.29) is 23.9 Å². The van der Waals surface area contributed by atoms with Crippen molar-refractivity contribution in [3.8, 4) is 0 Å². The first kappa shape index (κ1) is 16.4. The van der Waals surface area contributed by atoms with E-state index in [1.54, 1.807) is 0 Å². The second kappa shape index (κ2) is 6.37. The molecule has 7 heteroatoms. The first-order valence-corrected chi connectivity index (χ1v) is 8.82. The Bertz CT molecular complexity index is 789. The number of benzene rings is 1. The molecule has 3 unspecified atom stereocenters. The SMILES string of the molecule is Cc1cc(C)nc(N2NC3NCCC(c4ccc(Cl)cc4)C3C2=O)n1. The van der Waals surface area contributed by atoms with Crippen molar-refractivity contribution in [3.63, 3.8) is 0 Å². The van der Waals surface area contributed by atoms with Crippen molar-refractivity contribution < 1.29 is 4.79 Å². The highest BCUT2D eigenvalue weighted by molar-refractivity contribution is 6.30. The zero-order valence-corrected chi connectivity index (χ0v) is 14.9. The van der Waals surface area contributed by atoms with E-state index in [0.29, 0.717) is 11.0 Å². The van der Waals surface area contributed by atoms with Gasteiger partial charge in [0, 0.05) is 16.4 Å². The zero-order chi connectivity index (χ0) is 17.6. The number of piperidine rings is 1. The lowest BCUT2D eigenvalue weighted by Crippen LogP contribution is -2.50. The van der Waals surface area contributed by atoms with Gasteiger partial charge in [0.2, 0.25) is 5.95 Å². The maximum absolute atomic E-state index is 13.1. The fourth-order valence-electron chi connectivity index (χ4n) is 3.77. The Hall–Kier alpha value is -2.02. The second-order valence-electron chi connectivity index (χ2n) is 6.66. The van der Waals surface area contributed by atoms with E-state index in [1.165, 1.54) is 5.01 Å². The van der Waals surface area contributed by atoms with Crippen LogP contribution in [-0.4, -0.2) is 28.6 Å². The average molecular weight is 358 g/mol. The Balaban J connectivity index is 1.66. The Morgan fingerprint density at radius 2 is 1.84 bits per heavy atom. The number of halogens is 1. The van der Waals surface area contributed by atoms with Gasteiger partial charge in [-0.05, 0) is 56.5 Å². The smallest absolute Gasteiger partial charge is 0.250 e. The van der Waals surface area contributed by atoms with Crippen LogP contribution in [0, 0.1) is 19.8 Å². The number of hydrazine groups is 1. The molecule has 3 atom stereocenters. The molecule has 4 rings (SSSR count). The van der Waals surface area contributed by atoms with Crippen molar-refractivity contribution in [1.82, 2.24) is 20.7 Å². The molecule has 1 amide bonds. The summed E-state index contributed by atoms with van der Waals surface area (Å²) < 4.78 is 0. The van der Waals surface area contributed by atoms with E-state index in [4.69, 9.17) is 11.6 Å². The minimum absolute atomic E-state index is 0.00199. The second-order valence-corrected chi connectivity index (χ2v) is 7.09. The molecule has 2 aliphatic rings. The third-order valence-electron chi connectivity index (χ3n) is 4.85. The van der Waals surface area contributed by atoms with E-state index in [1.807, 2.05) is 44.2 Å². The van der Waals surface area contributed by atoms with Crippen molar-refractivity contribution >= 4 is 23.5 Å². The summed E-state index contributed by atoms with van der Waals surface area (Å²) in [5.74, 6) is 0.356. The molecule has 2 fully saturated rings. The van der Waals surface area contributed by atoms with Gasteiger partial charge in [-0.15, -0.1) is 0 Å². The van der Waals surface area contributed by atoms with Crippen LogP contribution in [0.3, 0.4) is 0 Å². The van der Waals surface area contributed by atoms with Crippen molar-refractivity contribution in [3.05, 3.63) is 52.3 Å². The number of aromatic nitrogens is 2. The van der Waals surface area contributed by atoms with Crippen molar-refractivity contribution in [2.45, 2.75) is 32.4 Å². The highest BCUT2D eigenvalue weighted by Crippen LogP contribution is 2.37.